The number of hydrogen-bond acceptors (Lipinski definition) is 5. The SMILES string of the molecule is CCN(CC)C(=Nc1cccc(/C(=C\CCCC(=O)O)c2cccnc2)c1)C(C#N)C#N. The van der Waals surface area contributed by atoms with E-state index in [2.05, 4.69) is 9.98 Å². The first kappa shape index (κ1) is 24.3. The molecule has 0 aliphatic carbocycles. The quantitative estimate of drug-likeness (QED) is 0.330. The topological polar surface area (TPSA) is 113 Å². The number of benzene rings is 1. The normalized spacial score (nSPS) is 11.7. The van der Waals surface area contributed by atoms with Crippen molar-refractivity contribution >= 4 is 23.1 Å². The highest BCUT2D eigenvalue weighted by Crippen LogP contribution is 2.27. The summed E-state index contributed by atoms with van der Waals surface area (Å²) >= 11 is 0. The van der Waals surface area contributed by atoms with Crippen LogP contribution in [0.15, 0.2) is 59.9 Å². The van der Waals surface area contributed by atoms with Crippen LogP contribution >= 0.6 is 0 Å². The Kier molecular flexibility index (Phi) is 9.62. The molecule has 1 aromatic carbocycles. The van der Waals surface area contributed by atoms with Gasteiger partial charge in [0.25, 0.3) is 0 Å². The van der Waals surface area contributed by atoms with E-state index in [0.717, 1.165) is 16.7 Å². The zero-order valence-corrected chi connectivity index (χ0v) is 18.4. The van der Waals surface area contributed by atoms with Crippen LogP contribution in [0.4, 0.5) is 5.69 Å². The van der Waals surface area contributed by atoms with Crippen molar-refractivity contribution in [2.75, 3.05) is 13.1 Å². The van der Waals surface area contributed by atoms with E-state index in [-0.39, 0.29) is 6.42 Å². The molecule has 7 nitrogen and oxygen atoms in total. The van der Waals surface area contributed by atoms with E-state index in [4.69, 9.17) is 5.11 Å². The summed E-state index contributed by atoms with van der Waals surface area (Å²) in [6.07, 6.45) is 6.74. The second-order valence-electron chi connectivity index (χ2n) is 7.03. The predicted octanol–water partition coefficient (Wildman–Crippen LogP) is 4.80. The van der Waals surface area contributed by atoms with Gasteiger partial charge < -0.3 is 10.0 Å². The van der Waals surface area contributed by atoms with Crippen LogP contribution in [0.25, 0.3) is 5.57 Å². The highest BCUT2D eigenvalue weighted by Gasteiger charge is 2.20. The fraction of sp³-hybridized carbons (Fsp3) is 0.320. The Bertz CT molecular complexity index is 1030. The third-order valence-electron chi connectivity index (χ3n) is 4.92. The van der Waals surface area contributed by atoms with Crippen LogP contribution in [0.5, 0.6) is 0 Å². The van der Waals surface area contributed by atoms with Crippen LogP contribution in [0, 0.1) is 28.6 Å². The number of allylic oxidation sites excluding steroid dienone is 1. The molecule has 0 aliphatic heterocycles. The second kappa shape index (κ2) is 12.7. The van der Waals surface area contributed by atoms with Gasteiger partial charge in [0.15, 0.2) is 5.92 Å². The lowest BCUT2D eigenvalue weighted by atomic mass is 9.97. The molecule has 0 spiro atoms. The number of unbranched alkanes of at least 4 members (excludes halogenated alkanes) is 1. The molecule has 1 heterocycles. The van der Waals surface area contributed by atoms with Gasteiger partial charge in [-0.05, 0) is 56.0 Å². The van der Waals surface area contributed by atoms with Gasteiger partial charge in [-0.3, -0.25) is 9.78 Å². The molecule has 2 rings (SSSR count). The minimum atomic E-state index is -0.956. The standard InChI is InChI=1S/C25H27N5O2/c1-3-30(4-2)25(21(16-26)17-27)29-22-11-7-9-19(15-22)23(12-5-6-13-24(31)32)20-10-8-14-28-18-20/h7-12,14-15,18,21H,3-6,13H2,1-2H3,(H,31,32)/b23-12+,29-25?. The number of carboxylic acid groups (broad SMARTS) is 1. The number of nitrogens with zero attached hydrogens (tertiary/aromatic N) is 5. The van der Waals surface area contributed by atoms with Gasteiger partial charge in [0.2, 0.25) is 0 Å². The highest BCUT2D eigenvalue weighted by atomic mass is 16.4. The summed E-state index contributed by atoms with van der Waals surface area (Å²) in [5.74, 6) is -1.33. The molecule has 1 aromatic heterocycles. The number of amidine groups is 1. The maximum absolute atomic E-state index is 10.8. The van der Waals surface area contributed by atoms with Crippen LogP contribution in [0.1, 0.15) is 44.2 Å². The van der Waals surface area contributed by atoms with Crippen LogP contribution in [-0.4, -0.2) is 39.9 Å². The van der Waals surface area contributed by atoms with Crippen molar-refractivity contribution in [3.05, 3.63) is 66.0 Å². The molecular weight excluding hydrogens is 402 g/mol. The maximum atomic E-state index is 10.8. The van der Waals surface area contributed by atoms with Gasteiger partial charge in [-0.1, -0.05) is 24.3 Å². The largest absolute Gasteiger partial charge is 0.481 e. The van der Waals surface area contributed by atoms with Crippen molar-refractivity contribution in [2.24, 2.45) is 10.9 Å². The molecule has 2 aromatic rings. The Morgan fingerprint density at radius 1 is 1.19 bits per heavy atom. The van der Waals surface area contributed by atoms with E-state index in [1.54, 1.807) is 12.4 Å². The molecule has 0 bridgehead atoms. The van der Waals surface area contributed by atoms with Gasteiger partial charge in [-0.2, -0.15) is 10.5 Å². The number of carboxylic acids is 1. The van der Waals surface area contributed by atoms with Crippen molar-refractivity contribution in [1.82, 2.24) is 9.88 Å². The smallest absolute Gasteiger partial charge is 0.303 e. The summed E-state index contributed by atoms with van der Waals surface area (Å²) in [6.45, 7) is 5.20. The molecule has 0 unspecified atom stereocenters. The lowest BCUT2D eigenvalue weighted by molar-refractivity contribution is -0.137. The van der Waals surface area contributed by atoms with Crippen molar-refractivity contribution in [3.8, 4) is 12.1 Å². The van der Waals surface area contributed by atoms with Gasteiger partial charge in [-0.15, -0.1) is 0 Å². The molecule has 0 saturated heterocycles. The van der Waals surface area contributed by atoms with E-state index in [1.165, 1.54) is 0 Å². The predicted molar refractivity (Wildman–Crippen MR) is 124 cm³/mol. The van der Waals surface area contributed by atoms with Crippen LogP contribution in [0.2, 0.25) is 0 Å². The lowest BCUT2D eigenvalue weighted by Gasteiger charge is -2.23. The van der Waals surface area contributed by atoms with Crippen LogP contribution in [-0.2, 0) is 4.79 Å². The fourth-order valence-corrected chi connectivity index (χ4v) is 3.31. The average molecular weight is 430 g/mol. The molecule has 32 heavy (non-hydrogen) atoms. The van der Waals surface area contributed by atoms with E-state index >= 15 is 0 Å². The van der Waals surface area contributed by atoms with Crippen molar-refractivity contribution in [3.63, 3.8) is 0 Å². The number of pyridine rings is 1. The van der Waals surface area contributed by atoms with Crippen LogP contribution < -0.4 is 0 Å². The van der Waals surface area contributed by atoms with E-state index in [9.17, 15) is 15.3 Å². The molecule has 0 amide bonds. The lowest BCUT2D eigenvalue weighted by Crippen LogP contribution is -2.35. The minimum Gasteiger partial charge on any atom is -0.481 e. The van der Waals surface area contributed by atoms with Crippen molar-refractivity contribution in [2.45, 2.75) is 33.1 Å². The van der Waals surface area contributed by atoms with Gasteiger partial charge in [0.1, 0.15) is 5.84 Å². The van der Waals surface area contributed by atoms with E-state index in [1.807, 2.05) is 73.4 Å². The summed E-state index contributed by atoms with van der Waals surface area (Å²) < 4.78 is 0. The Hall–Kier alpha value is -3.97. The first-order valence-corrected chi connectivity index (χ1v) is 10.6. The monoisotopic (exact) mass is 429 g/mol. The maximum Gasteiger partial charge on any atom is 0.303 e. The van der Waals surface area contributed by atoms with E-state index in [0.29, 0.717) is 37.5 Å². The molecule has 7 heteroatoms. The first-order chi connectivity index (χ1) is 15.5. The summed E-state index contributed by atoms with van der Waals surface area (Å²) in [4.78, 5) is 21.6. The Labute approximate surface area is 189 Å². The molecule has 164 valence electrons. The van der Waals surface area contributed by atoms with Gasteiger partial charge in [0, 0.05) is 37.5 Å². The molecule has 0 fully saturated rings. The summed E-state index contributed by atoms with van der Waals surface area (Å²) in [6, 6.07) is 15.4. The second-order valence-corrected chi connectivity index (χ2v) is 7.03. The Morgan fingerprint density at radius 3 is 2.50 bits per heavy atom. The number of aliphatic imine (C=N–C) groups is 1. The minimum absolute atomic E-state index is 0.109. The molecular formula is C25H27N5O2. The average Bonchev–Trinajstić information content (AvgIpc) is 2.81. The number of carbonyl (C=O) groups is 1. The number of nitriles is 2. The van der Waals surface area contributed by atoms with Gasteiger partial charge in [-0.25, -0.2) is 4.99 Å². The Morgan fingerprint density at radius 2 is 1.91 bits per heavy atom. The van der Waals surface area contributed by atoms with E-state index < -0.39 is 11.9 Å². The summed E-state index contributed by atoms with van der Waals surface area (Å²) in [5, 5.41) is 27.8. The third-order valence-corrected chi connectivity index (χ3v) is 4.92. The fourth-order valence-electron chi connectivity index (χ4n) is 3.31. The number of rotatable bonds is 10. The molecule has 0 atom stereocenters. The number of aromatic nitrogens is 1. The van der Waals surface area contributed by atoms with Crippen LogP contribution in [0.3, 0.4) is 0 Å². The Balaban J connectivity index is 2.49. The van der Waals surface area contributed by atoms with Crippen molar-refractivity contribution < 1.29 is 9.90 Å². The molecule has 0 radical (unpaired) electrons. The van der Waals surface area contributed by atoms with Crippen molar-refractivity contribution in [1.29, 1.82) is 10.5 Å². The highest BCUT2D eigenvalue weighted by molar-refractivity contribution is 5.91. The molecule has 0 aliphatic rings. The summed E-state index contributed by atoms with van der Waals surface area (Å²) in [7, 11) is 0. The third kappa shape index (κ3) is 6.78. The first-order valence-electron chi connectivity index (χ1n) is 10.6. The summed E-state index contributed by atoms with van der Waals surface area (Å²) in [5.41, 5.74) is 3.39. The number of aliphatic carboxylic acids is 1. The molecule has 1 N–H and O–H groups in total. The number of hydrogen-bond donors (Lipinski definition) is 1. The molecule has 0 saturated carbocycles. The zero-order chi connectivity index (χ0) is 23.3. The van der Waals surface area contributed by atoms with Gasteiger partial charge in [0.05, 0.1) is 17.8 Å². The van der Waals surface area contributed by atoms with Gasteiger partial charge >= 0.3 is 5.97 Å². The zero-order valence-electron chi connectivity index (χ0n) is 18.4.